The quantitative estimate of drug-likeness (QED) is 0.777. The van der Waals surface area contributed by atoms with Crippen molar-refractivity contribution in [3.8, 4) is 0 Å². The van der Waals surface area contributed by atoms with E-state index in [-0.39, 0.29) is 0 Å². The third kappa shape index (κ3) is 2.67. The third-order valence-electron chi connectivity index (χ3n) is 2.59. The maximum Gasteiger partial charge on any atom is 0.190 e. The first-order chi connectivity index (χ1) is 8.22. The molecule has 7 heteroatoms. The average Bonchev–Trinajstić information content (AvgIpc) is 2.87. The number of hydrogen-bond acceptors (Lipinski definition) is 5. The van der Waals surface area contributed by atoms with Gasteiger partial charge in [0.1, 0.15) is 11.6 Å². The maximum atomic E-state index is 5.54. The molecule has 0 bridgehead atoms. The molecule has 0 saturated carbocycles. The molecule has 0 radical (unpaired) electrons. The highest BCUT2D eigenvalue weighted by molar-refractivity contribution is 7.99. The Kier molecular flexibility index (Phi) is 3.80. The standard InChI is InChI=1S/C10H16N6S/c1-15-5-4-12-8(15)3-6-17-10-14-13-9(7-11)16(10)2/h4-5H,3,6-7,11H2,1-2H3. The van der Waals surface area contributed by atoms with Crippen LogP contribution in [-0.4, -0.2) is 30.1 Å². The monoisotopic (exact) mass is 252 g/mol. The molecule has 6 nitrogen and oxygen atoms in total. The van der Waals surface area contributed by atoms with Crippen molar-refractivity contribution in [3.63, 3.8) is 0 Å². The van der Waals surface area contributed by atoms with Crippen molar-refractivity contribution in [2.75, 3.05) is 5.75 Å². The van der Waals surface area contributed by atoms with Crippen LogP contribution < -0.4 is 5.73 Å². The number of aromatic nitrogens is 5. The first-order valence-corrected chi connectivity index (χ1v) is 6.38. The molecule has 0 aromatic carbocycles. The molecule has 0 aliphatic carbocycles. The highest BCUT2D eigenvalue weighted by Gasteiger charge is 2.08. The molecule has 2 heterocycles. The lowest BCUT2D eigenvalue weighted by atomic mass is 10.4. The smallest absolute Gasteiger partial charge is 0.190 e. The zero-order chi connectivity index (χ0) is 12.3. The van der Waals surface area contributed by atoms with Gasteiger partial charge < -0.3 is 14.9 Å². The Morgan fingerprint density at radius 1 is 1.29 bits per heavy atom. The van der Waals surface area contributed by atoms with Gasteiger partial charge in [0.25, 0.3) is 0 Å². The van der Waals surface area contributed by atoms with Gasteiger partial charge >= 0.3 is 0 Å². The predicted molar refractivity (Wildman–Crippen MR) is 66.5 cm³/mol. The van der Waals surface area contributed by atoms with E-state index in [0.717, 1.165) is 29.0 Å². The van der Waals surface area contributed by atoms with Crippen LogP contribution in [-0.2, 0) is 27.1 Å². The van der Waals surface area contributed by atoms with E-state index in [1.165, 1.54) is 0 Å². The molecule has 0 saturated heterocycles. The Morgan fingerprint density at radius 3 is 2.71 bits per heavy atom. The normalized spacial score (nSPS) is 11.0. The van der Waals surface area contributed by atoms with Crippen molar-refractivity contribution >= 4 is 11.8 Å². The molecule has 92 valence electrons. The van der Waals surface area contributed by atoms with Gasteiger partial charge in [0.15, 0.2) is 5.16 Å². The van der Waals surface area contributed by atoms with E-state index < -0.39 is 0 Å². The molecule has 0 spiro atoms. The summed E-state index contributed by atoms with van der Waals surface area (Å²) in [5.41, 5.74) is 5.54. The minimum Gasteiger partial charge on any atom is -0.338 e. The summed E-state index contributed by atoms with van der Waals surface area (Å²) in [5.74, 6) is 2.82. The molecule has 17 heavy (non-hydrogen) atoms. The molecule has 0 amide bonds. The van der Waals surface area contributed by atoms with Crippen LogP contribution in [0, 0.1) is 0 Å². The zero-order valence-corrected chi connectivity index (χ0v) is 10.8. The van der Waals surface area contributed by atoms with Crippen LogP contribution in [0.4, 0.5) is 0 Å². The largest absolute Gasteiger partial charge is 0.338 e. The number of rotatable bonds is 5. The van der Waals surface area contributed by atoms with Gasteiger partial charge in [0.05, 0.1) is 6.54 Å². The van der Waals surface area contributed by atoms with Gasteiger partial charge in [-0.1, -0.05) is 11.8 Å². The fraction of sp³-hybridized carbons (Fsp3) is 0.500. The van der Waals surface area contributed by atoms with Crippen LogP contribution in [0.1, 0.15) is 11.6 Å². The lowest BCUT2D eigenvalue weighted by molar-refractivity contribution is 0.733. The van der Waals surface area contributed by atoms with E-state index in [4.69, 9.17) is 5.73 Å². The fourth-order valence-corrected chi connectivity index (χ4v) is 2.38. The maximum absolute atomic E-state index is 5.54. The minimum absolute atomic E-state index is 0.420. The summed E-state index contributed by atoms with van der Waals surface area (Å²) in [7, 11) is 3.94. The van der Waals surface area contributed by atoms with Crippen LogP contribution in [0.3, 0.4) is 0 Å². The highest BCUT2D eigenvalue weighted by Crippen LogP contribution is 2.16. The molecule has 0 aliphatic heterocycles. The summed E-state index contributed by atoms with van der Waals surface area (Å²) < 4.78 is 3.96. The van der Waals surface area contributed by atoms with Crippen LogP contribution in [0.15, 0.2) is 17.6 Å². The first kappa shape index (κ1) is 12.1. The molecule has 2 aromatic rings. The lowest BCUT2D eigenvalue weighted by Gasteiger charge is -2.02. The van der Waals surface area contributed by atoms with Gasteiger partial charge in [-0.2, -0.15) is 0 Å². The fourth-order valence-electron chi connectivity index (χ4n) is 1.52. The van der Waals surface area contributed by atoms with E-state index in [1.54, 1.807) is 11.8 Å². The van der Waals surface area contributed by atoms with Gasteiger partial charge in [-0.3, -0.25) is 0 Å². The number of thioether (sulfide) groups is 1. The average molecular weight is 252 g/mol. The summed E-state index contributed by atoms with van der Waals surface area (Å²) in [5, 5.41) is 9.01. The van der Waals surface area contributed by atoms with Gasteiger partial charge in [0.2, 0.25) is 0 Å². The molecular formula is C10H16N6S. The van der Waals surface area contributed by atoms with Crippen molar-refractivity contribution in [2.45, 2.75) is 18.1 Å². The Bertz CT molecular complexity index is 489. The summed E-state index contributed by atoms with van der Waals surface area (Å²) >= 11 is 1.67. The SMILES string of the molecule is Cn1ccnc1CCSc1nnc(CN)n1C. The predicted octanol–water partition coefficient (Wildman–Crippen LogP) is 0.342. The van der Waals surface area contributed by atoms with E-state index in [0.29, 0.717) is 6.54 Å². The van der Waals surface area contributed by atoms with Gasteiger partial charge in [-0.05, 0) is 0 Å². The summed E-state index contributed by atoms with van der Waals surface area (Å²) in [6.45, 7) is 0.420. The Morgan fingerprint density at radius 2 is 2.12 bits per heavy atom. The van der Waals surface area contributed by atoms with Crippen molar-refractivity contribution in [2.24, 2.45) is 19.8 Å². The first-order valence-electron chi connectivity index (χ1n) is 5.39. The van der Waals surface area contributed by atoms with Crippen molar-refractivity contribution in [3.05, 3.63) is 24.0 Å². The van der Waals surface area contributed by atoms with Crippen LogP contribution in [0.25, 0.3) is 0 Å². The van der Waals surface area contributed by atoms with E-state index in [1.807, 2.05) is 35.6 Å². The molecule has 0 unspecified atom stereocenters. The Balaban J connectivity index is 1.90. The number of hydrogen-bond donors (Lipinski definition) is 1. The topological polar surface area (TPSA) is 74.6 Å². The van der Waals surface area contributed by atoms with Crippen molar-refractivity contribution < 1.29 is 0 Å². The Labute approximate surface area is 104 Å². The molecule has 0 aliphatic rings. The second-order valence-electron chi connectivity index (χ2n) is 3.71. The third-order valence-corrected chi connectivity index (χ3v) is 3.61. The van der Waals surface area contributed by atoms with Crippen LogP contribution >= 0.6 is 11.8 Å². The molecule has 2 N–H and O–H groups in total. The van der Waals surface area contributed by atoms with Crippen molar-refractivity contribution in [1.29, 1.82) is 0 Å². The van der Waals surface area contributed by atoms with Crippen LogP contribution in [0.5, 0.6) is 0 Å². The van der Waals surface area contributed by atoms with E-state index in [9.17, 15) is 0 Å². The molecule has 0 atom stereocenters. The van der Waals surface area contributed by atoms with Crippen LogP contribution in [0.2, 0.25) is 0 Å². The second kappa shape index (κ2) is 5.33. The second-order valence-corrected chi connectivity index (χ2v) is 4.78. The number of imidazole rings is 1. The lowest BCUT2D eigenvalue weighted by Crippen LogP contribution is -2.05. The van der Waals surface area contributed by atoms with Gasteiger partial charge in [0, 0.05) is 38.7 Å². The van der Waals surface area contributed by atoms with E-state index >= 15 is 0 Å². The van der Waals surface area contributed by atoms with E-state index in [2.05, 4.69) is 15.2 Å². The molecular weight excluding hydrogens is 236 g/mol. The number of aryl methyl sites for hydroxylation is 2. The molecule has 2 aromatic heterocycles. The van der Waals surface area contributed by atoms with Gasteiger partial charge in [-0.15, -0.1) is 10.2 Å². The van der Waals surface area contributed by atoms with Crippen molar-refractivity contribution in [1.82, 2.24) is 24.3 Å². The zero-order valence-electron chi connectivity index (χ0n) is 10.00. The number of nitrogens with zero attached hydrogens (tertiary/aromatic N) is 5. The summed E-state index contributed by atoms with van der Waals surface area (Å²) in [6, 6.07) is 0. The summed E-state index contributed by atoms with van der Waals surface area (Å²) in [6.07, 6.45) is 4.68. The van der Waals surface area contributed by atoms with Gasteiger partial charge in [-0.25, -0.2) is 4.98 Å². The molecule has 0 fully saturated rings. The summed E-state index contributed by atoms with van der Waals surface area (Å²) in [4.78, 5) is 4.28. The number of nitrogens with two attached hydrogens (primary N) is 1. The Hall–Kier alpha value is -1.34. The minimum atomic E-state index is 0.420. The highest BCUT2D eigenvalue weighted by atomic mass is 32.2. The molecule has 2 rings (SSSR count).